The summed E-state index contributed by atoms with van der Waals surface area (Å²) < 4.78 is 22.8. The molecule has 2 fully saturated rings. The molecule has 0 aromatic rings. The number of unbranched alkanes of at least 4 members (excludes halogenated alkanes) is 32. The van der Waals surface area contributed by atoms with Gasteiger partial charge in [0.05, 0.1) is 32.0 Å². The van der Waals surface area contributed by atoms with Crippen molar-refractivity contribution in [3.63, 3.8) is 0 Å². The molecule has 87 heavy (non-hydrogen) atoms. The van der Waals surface area contributed by atoms with E-state index in [9.17, 15) is 45.6 Å². The van der Waals surface area contributed by atoms with Crippen LogP contribution in [0.1, 0.15) is 277 Å². The Morgan fingerprint density at radius 1 is 0.425 bits per heavy atom. The molecule has 0 aromatic heterocycles. The number of aliphatic hydroxyl groups excluding tert-OH is 8. The van der Waals surface area contributed by atoms with Crippen molar-refractivity contribution in [2.24, 2.45) is 0 Å². The zero-order valence-corrected chi connectivity index (χ0v) is 54.7. The largest absolute Gasteiger partial charge is 0.394 e. The Morgan fingerprint density at radius 2 is 0.805 bits per heavy atom. The van der Waals surface area contributed by atoms with Crippen molar-refractivity contribution >= 4 is 5.91 Å². The van der Waals surface area contributed by atoms with Crippen LogP contribution in [0.4, 0.5) is 0 Å². The number of rotatable bonds is 57. The molecule has 0 spiro atoms. The second-order valence-electron chi connectivity index (χ2n) is 24.6. The number of carbonyl (C=O) groups is 1. The summed E-state index contributed by atoms with van der Waals surface area (Å²) in [7, 11) is 0. The molecule has 12 unspecified atom stereocenters. The van der Waals surface area contributed by atoms with Gasteiger partial charge in [-0.1, -0.05) is 272 Å². The van der Waals surface area contributed by atoms with Crippen molar-refractivity contribution in [2.75, 3.05) is 19.8 Å². The lowest BCUT2D eigenvalue weighted by Crippen LogP contribution is -2.65. The maximum atomic E-state index is 13.3. The van der Waals surface area contributed by atoms with E-state index >= 15 is 0 Å². The van der Waals surface area contributed by atoms with E-state index in [1.165, 1.54) is 173 Å². The molecule has 12 atom stereocenters. The first-order chi connectivity index (χ1) is 42.6. The molecule has 0 aromatic carbocycles. The smallest absolute Gasteiger partial charge is 0.220 e. The van der Waals surface area contributed by atoms with Crippen LogP contribution < -0.4 is 5.32 Å². The lowest BCUT2D eigenvalue weighted by atomic mass is 9.97. The van der Waals surface area contributed by atoms with Crippen LogP contribution in [0.2, 0.25) is 0 Å². The van der Waals surface area contributed by atoms with Crippen molar-refractivity contribution < 1.29 is 64.6 Å². The maximum Gasteiger partial charge on any atom is 0.220 e. The first-order valence-electron chi connectivity index (χ1n) is 35.3. The highest BCUT2D eigenvalue weighted by Gasteiger charge is 2.51. The second kappa shape index (κ2) is 57.1. The predicted molar refractivity (Wildman–Crippen MR) is 355 cm³/mol. The van der Waals surface area contributed by atoms with Crippen LogP contribution in [-0.2, 0) is 23.7 Å². The number of hydrogen-bond donors (Lipinski definition) is 9. The van der Waals surface area contributed by atoms with Gasteiger partial charge in [-0.2, -0.15) is 0 Å². The van der Waals surface area contributed by atoms with Gasteiger partial charge in [0, 0.05) is 6.42 Å². The monoisotopic (exact) mass is 1230 g/mol. The summed E-state index contributed by atoms with van der Waals surface area (Å²) in [5.41, 5.74) is 0. The third-order valence-electron chi connectivity index (χ3n) is 16.8. The van der Waals surface area contributed by atoms with E-state index < -0.39 is 86.8 Å². The van der Waals surface area contributed by atoms with E-state index in [1.807, 2.05) is 6.08 Å². The highest BCUT2D eigenvalue weighted by atomic mass is 16.7. The van der Waals surface area contributed by atoms with Gasteiger partial charge in [0.1, 0.15) is 48.8 Å². The number of aliphatic hydroxyl groups is 8. The maximum absolute atomic E-state index is 13.3. The molecule has 14 nitrogen and oxygen atoms in total. The Bertz CT molecular complexity index is 1780. The molecule has 2 rings (SSSR count). The predicted octanol–water partition coefficient (Wildman–Crippen LogP) is 14.4. The lowest BCUT2D eigenvalue weighted by Gasteiger charge is -2.46. The van der Waals surface area contributed by atoms with Crippen LogP contribution in [0.15, 0.2) is 85.1 Å². The van der Waals surface area contributed by atoms with E-state index in [2.05, 4.69) is 92.1 Å². The summed E-state index contributed by atoms with van der Waals surface area (Å²) in [6, 6.07) is -0.939. The molecule has 2 aliphatic heterocycles. The topological polar surface area (TPSA) is 228 Å². The van der Waals surface area contributed by atoms with Crippen molar-refractivity contribution in [2.45, 2.75) is 351 Å². The van der Waals surface area contributed by atoms with E-state index in [0.29, 0.717) is 12.8 Å². The van der Waals surface area contributed by atoms with Crippen molar-refractivity contribution in [3.8, 4) is 0 Å². The summed E-state index contributed by atoms with van der Waals surface area (Å²) in [4.78, 5) is 13.3. The Hall–Kier alpha value is -2.83. The van der Waals surface area contributed by atoms with Gasteiger partial charge < -0.3 is 65.1 Å². The van der Waals surface area contributed by atoms with Crippen LogP contribution in [0, 0.1) is 0 Å². The third kappa shape index (κ3) is 41.3. The molecule has 2 heterocycles. The summed E-state index contributed by atoms with van der Waals surface area (Å²) in [6.07, 6.45) is 62.5. The molecular weight excluding hydrogens is 1100 g/mol. The quantitative estimate of drug-likeness (QED) is 0.0204. The Labute approximate surface area is 529 Å². The number of nitrogens with one attached hydrogen (secondary N) is 1. The molecule has 2 saturated heterocycles. The van der Waals surface area contributed by atoms with E-state index in [0.717, 1.165) is 70.6 Å². The third-order valence-corrected chi connectivity index (χ3v) is 16.8. The van der Waals surface area contributed by atoms with Gasteiger partial charge in [0.25, 0.3) is 0 Å². The second-order valence-corrected chi connectivity index (χ2v) is 24.6. The van der Waals surface area contributed by atoms with E-state index in [1.54, 1.807) is 6.08 Å². The van der Waals surface area contributed by atoms with Gasteiger partial charge >= 0.3 is 0 Å². The molecule has 504 valence electrons. The zero-order valence-electron chi connectivity index (χ0n) is 54.7. The fourth-order valence-electron chi connectivity index (χ4n) is 11.2. The van der Waals surface area contributed by atoms with E-state index in [-0.39, 0.29) is 18.9 Å². The molecule has 2 aliphatic rings. The van der Waals surface area contributed by atoms with Gasteiger partial charge in [-0.15, -0.1) is 0 Å². The summed E-state index contributed by atoms with van der Waals surface area (Å²) in [6.45, 7) is 2.65. The normalized spacial score (nSPS) is 23.8. The molecule has 0 aliphatic carbocycles. The summed E-state index contributed by atoms with van der Waals surface area (Å²) in [5, 5.41) is 87.2. The van der Waals surface area contributed by atoms with Crippen LogP contribution in [-0.4, -0.2) is 140 Å². The van der Waals surface area contributed by atoms with Gasteiger partial charge in [-0.05, 0) is 83.5 Å². The minimum absolute atomic E-state index is 0.252. The highest BCUT2D eigenvalue weighted by molar-refractivity contribution is 5.76. The summed E-state index contributed by atoms with van der Waals surface area (Å²) >= 11 is 0. The molecular formula is C73H129NO13. The van der Waals surface area contributed by atoms with Crippen LogP contribution in [0.3, 0.4) is 0 Å². The van der Waals surface area contributed by atoms with Gasteiger partial charge in [0.2, 0.25) is 5.91 Å². The first kappa shape index (κ1) is 80.3. The minimum atomic E-state index is -1.79. The van der Waals surface area contributed by atoms with Crippen molar-refractivity contribution in [1.82, 2.24) is 5.32 Å². The Balaban J connectivity index is 1.57. The molecule has 0 radical (unpaired) electrons. The first-order valence-corrected chi connectivity index (χ1v) is 35.3. The average molecular weight is 1230 g/mol. The summed E-state index contributed by atoms with van der Waals surface area (Å²) in [5.74, 6) is -0.252. The highest BCUT2D eigenvalue weighted by Crippen LogP contribution is 2.30. The number of amides is 1. The SMILES string of the molecule is CC/C=C\C/C=C\C/C=C\C/C=C\CCCCCCCCCCCCCCCCCCCCCCCCCCCCC(=O)NC(COC1OC(CO)C(OC2OC(CO)C(O)C(O)C2O)C(O)C1O)C(O)/C=C/CC/C=C/CC/C=C/CCCCCC. The average Bonchev–Trinajstić information content (AvgIpc) is 2.05. The molecule has 0 bridgehead atoms. The number of allylic oxidation sites excluding steroid dienone is 13. The fraction of sp³-hybridized carbons (Fsp3) is 0.795. The zero-order chi connectivity index (χ0) is 63.1. The Morgan fingerprint density at radius 3 is 1.26 bits per heavy atom. The van der Waals surface area contributed by atoms with Crippen LogP contribution in [0.5, 0.6) is 0 Å². The van der Waals surface area contributed by atoms with Gasteiger partial charge in [-0.3, -0.25) is 4.79 Å². The van der Waals surface area contributed by atoms with Crippen molar-refractivity contribution in [1.29, 1.82) is 0 Å². The number of hydrogen-bond acceptors (Lipinski definition) is 13. The Kier molecular flexibility index (Phi) is 52.7. The van der Waals surface area contributed by atoms with Gasteiger partial charge in [0.15, 0.2) is 12.6 Å². The van der Waals surface area contributed by atoms with E-state index in [4.69, 9.17) is 18.9 Å². The molecule has 14 heteroatoms. The standard InChI is InChI=1S/C73H129NO13/c1-3-5-7-9-11-13-15-17-19-20-21-22-23-24-25-26-27-28-29-30-31-32-33-34-35-36-37-38-39-40-41-42-43-45-47-49-51-53-55-57-65(78)74-61(62(77)56-54-52-50-48-46-44-18-16-14-12-10-8-6-4-2)60-84-72-70(83)68(81)71(64(59-76)86-72)87-73-69(82)67(80)66(79)63(58-75)85-73/h5,7,11,13-14,16-17,19,21-22,46,48,54,56,61-64,66-73,75-77,79-83H,3-4,6,8-10,12,15,18,20,23-45,47,49-53,55,57-60H2,1-2H3,(H,74,78)/b7-5-,13-11-,16-14+,19-17-,22-21-,48-46+,56-54+. The van der Waals surface area contributed by atoms with Gasteiger partial charge in [-0.25, -0.2) is 0 Å². The molecule has 0 saturated carbocycles. The lowest BCUT2D eigenvalue weighted by molar-refractivity contribution is -0.359. The number of carbonyl (C=O) groups excluding carboxylic acids is 1. The van der Waals surface area contributed by atoms with Crippen LogP contribution in [0.25, 0.3) is 0 Å². The van der Waals surface area contributed by atoms with Crippen LogP contribution >= 0.6 is 0 Å². The van der Waals surface area contributed by atoms with Crippen molar-refractivity contribution in [3.05, 3.63) is 85.1 Å². The molecule has 9 N–H and O–H groups in total. The fourth-order valence-corrected chi connectivity index (χ4v) is 11.2. The minimum Gasteiger partial charge on any atom is -0.394 e. The number of ether oxygens (including phenoxy) is 4. The molecule has 1 amide bonds.